The van der Waals surface area contributed by atoms with Gasteiger partial charge in [0.2, 0.25) is 23.6 Å². The molecule has 4 amide bonds. The summed E-state index contributed by atoms with van der Waals surface area (Å²) in [5, 5.41) is 18.6. The summed E-state index contributed by atoms with van der Waals surface area (Å²) in [5.41, 5.74) is 4.72. The number of rotatable bonds is 13. The van der Waals surface area contributed by atoms with Gasteiger partial charge < -0.3 is 30.7 Å². The van der Waals surface area contributed by atoms with Gasteiger partial charge in [-0.25, -0.2) is 4.98 Å². The lowest BCUT2D eigenvalue weighted by atomic mass is 10.0. The standard InChI is InChI=1S/C29H41N5O6S/c1-17(2)12-23(33-25(36)10-11-40-5)27(37)32-19(4)29(39)34-15-22(35)13-24(34)28(38)30-14-20-6-8-21(9-7-20)26-18(3)31-16-41-26/h6-9,16-17,19,22-24,35H,10-15H2,1-5H3,(H,30,38)(H,32,37)(H,33,36)/t19?,22-,23+,24?/m1/s1. The molecule has 12 heteroatoms. The molecule has 1 saturated heterocycles. The number of likely N-dealkylation sites (tertiary alicyclic amines) is 1. The first kappa shape index (κ1) is 32.2. The predicted octanol–water partition coefficient (Wildman–Crippen LogP) is 1.77. The van der Waals surface area contributed by atoms with Gasteiger partial charge in [-0.3, -0.25) is 19.2 Å². The van der Waals surface area contributed by atoms with Crippen LogP contribution in [0.2, 0.25) is 0 Å². The number of nitrogens with zero attached hydrogens (tertiary/aromatic N) is 2. The Labute approximate surface area is 245 Å². The highest BCUT2D eigenvalue weighted by Crippen LogP contribution is 2.27. The van der Waals surface area contributed by atoms with Crippen LogP contribution >= 0.6 is 11.3 Å². The van der Waals surface area contributed by atoms with Gasteiger partial charge >= 0.3 is 0 Å². The minimum absolute atomic E-state index is 0.0107. The minimum atomic E-state index is -0.962. The Morgan fingerprint density at radius 1 is 1.15 bits per heavy atom. The number of benzene rings is 1. The second-order valence-electron chi connectivity index (χ2n) is 10.8. The van der Waals surface area contributed by atoms with E-state index in [4.69, 9.17) is 4.74 Å². The molecule has 1 fully saturated rings. The van der Waals surface area contributed by atoms with Crippen molar-refractivity contribution < 1.29 is 29.0 Å². The maximum atomic E-state index is 13.3. The van der Waals surface area contributed by atoms with Crippen LogP contribution < -0.4 is 16.0 Å². The van der Waals surface area contributed by atoms with Crippen molar-refractivity contribution in [1.29, 1.82) is 0 Å². The highest BCUT2D eigenvalue weighted by atomic mass is 32.1. The van der Waals surface area contributed by atoms with Crippen LogP contribution in [0.5, 0.6) is 0 Å². The number of aliphatic hydroxyl groups is 1. The molecule has 1 aliphatic rings. The quantitative estimate of drug-likeness (QED) is 0.279. The summed E-state index contributed by atoms with van der Waals surface area (Å²) in [6, 6.07) is 5.18. The van der Waals surface area contributed by atoms with Gasteiger partial charge in [0.15, 0.2) is 0 Å². The van der Waals surface area contributed by atoms with Crippen LogP contribution in [0.1, 0.15) is 51.3 Å². The molecule has 4 atom stereocenters. The molecule has 2 aromatic rings. The summed E-state index contributed by atoms with van der Waals surface area (Å²) in [6.45, 7) is 7.84. The van der Waals surface area contributed by atoms with Gasteiger partial charge in [-0.2, -0.15) is 0 Å². The molecule has 2 unspecified atom stereocenters. The molecule has 0 spiro atoms. The minimum Gasteiger partial charge on any atom is -0.391 e. The number of carbonyl (C=O) groups excluding carboxylic acids is 4. The number of nitrogens with one attached hydrogen (secondary N) is 3. The van der Waals surface area contributed by atoms with Crippen LogP contribution in [0.3, 0.4) is 0 Å². The second-order valence-corrected chi connectivity index (χ2v) is 11.7. The third-order valence-corrected chi connectivity index (χ3v) is 7.89. The van der Waals surface area contributed by atoms with Gasteiger partial charge in [0, 0.05) is 33.0 Å². The Bertz CT molecular complexity index is 1200. The SMILES string of the molecule is COCCC(=O)N[C@@H](CC(C)C)C(=O)NC(C)C(=O)N1C[C@H](O)CC1C(=O)NCc1ccc(-c2scnc2C)cc1. The molecule has 11 nitrogen and oxygen atoms in total. The third-order valence-electron chi connectivity index (χ3n) is 6.91. The fourth-order valence-electron chi connectivity index (χ4n) is 4.75. The van der Waals surface area contributed by atoms with E-state index >= 15 is 0 Å². The smallest absolute Gasteiger partial charge is 0.245 e. The molecule has 0 saturated carbocycles. The van der Waals surface area contributed by atoms with Crippen molar-refractivity contribution in [2.75, 3.05) is 20.3 Å². The summed E-state index contributed by atoms with van der Waals surface area (Å²) in [5.74, 6) is -1.54. The topological polar surface area (TPSA) is 150 Å². The normalized spacial score (nSPS) is 18.2. The van der Waals surface area contributed by atoms with Crippen LogP contribution in [0, 0.1) is 12.8 Å². The van der Waals surface area contributed by atoms with Crippen molar-refractivity contribution in [2.24, 2.45) is 5.92 Å². The molecule has 0 radical (unpaired) electrons. The van der Waals surface area contributed by atoms with Crippen molar-refractivity contribution in [1.82, 2.24) is 25.8 Å². The van der Waals surface area contributed by atoms with E-state index in [9.17, 15) is 24.3 Å². The van der Waals surface area contributed by atoms with Gasteiger partial charge in [-0.05, 0) is 37.3 Å². The summed E-state index contributed by atoms with van der Waals surface area (Å²) >= 11 is 1.57. The van der Waals surface area contributed by atoms with Crippen LogP contribution in [-0.2, 0) is 30.5 Å². The molecule has 41 heavy (non-hydrogen) atoms. The molecular weight excluding hydrogens is 546 g/mol. The number of ether oxygens (including phenoxy) is 1. The lowest BCUT2D eigenvalue weighted by Crippen LogP contribution is -2.56. The van der Waals surface area contributed by atoms with Crippen molar-refractivity contribution in [3.63, 3.8) is 0 Å². The van der Waals surface area contributed by atoms with Crippen molar-refractivity contribution in [2.45, 2.75) is 77.7 Å². The van der Waals surface area contributed by atoms with E-state index in [0.717, 1.165) is 21.7 Å². The number of β-amino-alcohol motifs (C(OH)–C–C–N with tert-alkyl or cyclic N) is 1. The fraction of sp³-hybridized carbons (Fsp3) is 0.552. The Morgan fingerprint density at radius 3 is 2.46 bits per heavy atom. The van der Waals surface area contributed by atoms with E-state index in [1.54, 1.807) is 16.8 Å². The summed E-state index contributed by atoms with van der Waals surface area (Å²) in [7, 11) is 1.49. The monoisotopic (exact) mass is 587 g/mol. The largest absolute Gasteiger partial charge is 0.391 e. The first-order chi connectivity index (χ1) is 19.5. The first-order valence-corrected chi connectivity index (χ1v) is 14.7. The number of hydrogen-bond donors (Lipinski definition) is 4. The average molecular weight is 588 g/mol. The first-order valence-electron chi connectivity index (χ1n) is 13.8. The number of methoxy groups -OCH3 is 1. The van der Waals surface area contributed by atoms with E-state index < -0.39 is 36.0 Å². The zero-order chi connectivity index (χ0) is 30.1. The van der Waals surface area contributed by atoms with Crippen LogP contribution in [0.15, 0.2) is 29.8 Å². The van der Waals surface area contributed by atoms with E-state index in [2.05, 4.69) is 20.9 Å². The molecule has 1 aromatic carbocycles. The number of thiazole rings is 1. The predicted molar refractivity (Wildman–Crippen MR) is 156 cm³/mol. The van der Waals surface area contributed by atoms with Crippen molar-refractivity contribution in [3.05, 3.63) is 41.0 Å². The molecule has 0 aliphatic carbocycles. The van der Waals surface area contributed by atoms with E-state index in [1.807, 2.05) is 45.0 Å². The molecule has 1 aliphatic heterocycles. The molecule has 4 N–H and O–H groups in total. The van der Waals surface area contributed by atoms with E-state index in [1.165, 1.54) is 18.9 Å². The molecule has 3 rings (SSSR count). The van der Waals surface area contributed by atoms with Crippen molar-refractivity contribution >= 4 is 35.0 Å². The van der Waals surface area contributed by atoms with Gasteiger partial charge in [-0.15, -0.1) is 11.3 Å². The maximum Gasteiger partial charge on any atom is 0.245 e. The lowest BCUT2D eigenvalue weighted by Gasteiger charge is -2.28. The van der Waals surface area contributed by atoms with Crippen molar-refractivity contribution in [3.8, 4) is 10.4 Å². The van der Waals surface area contributed by atoms with Gasteiger partial charge in [0.05, 0.1) is 28.8 Å². The Hall–Kier alpha value is -3.35. The summed E-state index contributed by atoms with van der Waals surface area (Å²) < 4.78 is 4.93. The highest BCUT2D eigenvalue weighted by Gasteiger charge is 2.40. The number of hydrogen-bond acceptors (Lipinski definition) is 8. The lowest BCUT2D eigenvalue weighted by molar-refractivity contribution is -0.141. The Kier molecular flexibility index (Phi) is 11.8. The number of amides is 4. The zero-order valence-electron chi connectivity index (χ0n) is 24.3. The summed E-state index contributed by atoms with van der Waals surface area (Å²) in [6.07, 6.45) is -0.240. The highest BCUT2D eigenvalue weighted by molar-refractivity contribution is 7.13. The summed E-state index contributed by atoms with van der Waals surface area (Å²) in [4.78, 5) is 58.3. The van der Waals surface area contributed by atoms with Gasteiger partial charge in [-0.1, -0.05) is 38.1 Å². The third kappa shape index (κ3) is 9.07. The fourth-order valence-corrected chi connectivity index (χ4v) is 5.57. The maximum absolute atomic E-state index is 13.3. The molecule has 224 valence electrons. The zero-order valence-corrected chi connectivity index (χ0v) is 25.1. The molecular formula is C29H41N5O6S. The Balaban J connectivity index is 1.58. The second kappa shape index (κ2) is 15.0. The molecule has 2 heterocycles. The van der Waals surface area contributed by atoms with Gasteiger partial charge in [0.25, 0.3) is 0 Å². The van der Waals surface area contributed by atoms with Crippen LogP contribution in [-0.4, -0.2) is 83.1 Å². The van der Waals surface area contributed by atoms with Gasteiger partial charge in [0.1, 0.15) is 18.1 Å². The molecule has 1 aromatic heterocycles. The number of carbonyl (C=O) groups is 4. The number of aromatic nitrogens is 1. The number of aryl methyl sites for hydroxylation is 1. The van der Waals surface area contributed by atoms with Crippen LogP contribution in [0.25, 0.3) is 10.4 Å². The van der Waals surface area contributed by atoms with Crippen LogP contribution in [0.4, 0.5) is 0 Å². The van der Waals surface area contributed by atoms with E-state index in [-0.39, 0.29) is 50.3 Å². The number of aliphatic hydroxyl groups excluding tert-OH is 1. The Morgan fingerprint density at radius 2 is 1.85 bits per heavy atom. The molecule has 0 bridgehead atoms. The average Bonchev–Trinajstić information content (AvgIpc) is 3.54. The van der Waals surface area contributed by atoms with E-state index in [0.29, 0.717) is 6.42 Å².